The van der Waals surface area contributed by atoms with Crippen molar-refractivity contribution in [1.29, 1.82) is 0 Å². The Morgan fingerprint density at radius 3 is 1.86 bits per heavy atom. The zero-order chi connectivity index (χ0) is 11.6. The topological polar surface area (TPSA) is 26.3 Å². The quantitative estimate of drug-likeness (QED) is 0.444. The van der Waals surface area contributed by atoms with E-state index in [0.717, 1.165) is 12.8 Å². The van der Waals surface area contributed by atoms with E-state index in [9.17, 15) is 4.79 Å². The zero-order valence-electron chi connectivity index (χ0n) is 8.10. The molecule has 0 rings (SSSR count). The summed E-state index contributed by atoms with van der Waals surface area (Å²) in [4.78, 5) is 8.75. The van der Waals surface area contributed by atoms with Crippen LogP contribution in [0, 0.1) is 0 Å². The van der Waals surface area contributed by atoms with Crippen LogP contribution in [0.3, 0.4) is 0 Å². The maximum Gasteiger partial charge on any atom is 0.302 e. The molecule has 2 nitrogen and oxygen atoms in total. The summed E-state index contributed by atoms with van der Waals surface area (Å²) in [5, 5.41) is 0. The van der Waals surface area contributed by atoms with Crippen LogP contribution in [0.2, 0.25) is 0 Å². The van der Waals surface area contributed by atoms with Crippen LogP contribution in [0.1, 0.15) is 26.7 Å². The molecule has 0 bridgehead atoms. The first-order chi connectivity index (χ1) is 6.41. The lowest BCUT2D eigenvalue weighted by molar-refractivity contribution is -0.141. The first kappa shape index (κ1) is 17.0. The number of esters is 1. The smallest absolute Gasteiger partial charge is 0.302 e. The molecule has 0 heterocycles. The van der Waals surface area contributed by atoms with E-state index in [1.54, 1.807) is 0 Å². The fourth-order valence-electron chi connectivity index (χ4n) is 0.360. The molecule has 0 spiro atoms. The molecule has 0 N–H and O–H groups in total. The van der Waals surface area contributed by atoms with Gasteiger partial charge in [-0.2, -0.15) is 0 Å². The van der Waals surface area contributed by atoms with E-state index in [1.165, 1.54) is 6.92 Å². The predicted molar refractivity (Wildman–Crippen MR) is 62.5 cm³/mol. The third-order valence-corrected chi connectivity index (χ3v) is 2.52. The Balaban J connectivity index is 0. The van der Waals surface area contributed by atoms with Crippen LogP contribution in [-0.4, -0.2) is 22.2 Å². The average Bonchev–Trinajstić information content (AvgIpc) is 2.05. The van der Waals surface area contributed by atoms with E-state index in [0.29, 0.717) is 6.61 Å². The van der Waals surface area contributed by atoms with Crippen LogP contribution in [0.15, 0.2) is 0 Å². The third-order valence-electron chi connectivity index (χ3n) is 0.994. The number of ether oxygens (including phenoxy) is 1. The van der Waals surface area contributed by atoms with Crippen molar-refractivity contribution in [3.05, 3.63) is 0 Å². The number of unbranched alkanes of at least 4 members (excludes halogenated alkanes) is 1. The van der Waals surface area contributed by atoms with Crippen molar-refractivity contribution in [2.24, 2.45) is 0 Å². The van der Waals surface area contributed by atoms with Crippen molar-refractivity contribution in [3.8, 4) is 0 Å². The number of alkyl halides is 4. The van der Waals surface area contributed by atoms with E-state index in [2.05, 4.69) is 11.7 Å². The van der Waals surface area contributed by atoms with Gasteiger partial charge in [-0.1, -0.05) is 13.3 Å². The molecule has 0 aliphatic heterocycles. The summed E-state index contributed by atoms with van der Waals surface area (Å²) in [6.45, 7) is 4.06. The maximum absolute atomic E-state index is 10.1. The standard InChI is InChI=1S/C6H12O2.C2H2Cl4/c1-3-4-5-8-6(2)7;3-1(4)2(5)6/h3-5H2,1-2H3;1-2H. The Morgan fingerprint density at radius 1 is 1.21 bits per heavy atom. The first-order valence-corrected chi connectivity index (χ1v) is 5.86. The van der Waals surface area contributed by atoms with Crippen LogP contribution >= 0.6 is 46.4 Å². The summed E-state index contributed by atoms with van der Waals surface area (Å²) < 4.78 is 4.64. The maximum atomic E-state index is 10.1. The van der Waals surface area contributed by atoms with Gasteiger partial charge in [0, 0.05) is 6.92 Å². The van der Waals surface area contributed by atoms with Crippen molar-refractivity contribution in [2.75, 3.05) is 6.61 Å². The molecule has 0 aromatic rings. The van der Waals surface area contributed by atoms with Crippen LogP contribution < -0.4 is 0 Å². The summed E-state index contributed by atoms with van der Waals surface area (Å²) in [6, 6.07) is 0. The molecular weight excluding hydrogens is 270 g/mol. The highest BCUT2D eigenvalue weighted by Gasteiger charge is 2.06. The summed E-state index contributed by atoms with van der Waals surface area (Å²) in [7, 11) is 0. The molecule has 0 unspecified atom stereocenters. The molecule has 14 heavy (non-hydrogen) atoms. The van der Waals surface area contributed by atoms with Crippen LogP contribution in [0.5, 0.6) is 0 Å². The SMILES string of the molecule is CCCCOC(C)=O.ClC(Cl)C(Cl)Cl. The lowest BCUT2D eigenvalue weighted by Crippen LogP contribution is -1.99. The van der Waals surface area contributed by atoms with Gasteiger partial charge in [-0.15, -0.1) is 46.4 Å². The Hall–Kier alpha value is 0.630. The van der Waals surface area contributed by atoms with E-state index < -0.39 is 9.67 Å². The largest absolute Gasteiger partial charge is 0.466 e. The van der Waals surface area contributed by atoms with Gasteiger partial charge in [0.05, 0.1) is 6.61 Å². The van der Waals surface area contributed by atoms with Gasteiger partial charge < -0.3 is 4.74 Å². The second-order valence-corrected chi connectivity index (χ2v) is 4.69. The minimum absolute atomic E-state index is 0.182. The molecule has 6 heteroatoms. The lowest BCUT2D eigenvalue weighted by Gasteiger charge is -1.96. The van der Waals surface area contributed by atoms with Gasteiger partial charge in [0.1, 0.15) is 9.67 Å². The zero-order valence-corrected chi connectivity index (χ0v) is 11.1. The molecule has 0 saturated heterocycles. The fourth-order valence-corrected chi connectivity index (χ4v) is 0.360. The molecule has 0 fully saturated rings. The molecule has 0 aliphatic rings. The second-order valence-electron chi connectivity index (χ2n) is 2.36. The van der Waals surface area contributed by atoms with Crippen molar-refractivity contribution >= 4 is 52.4 Å². The van der Waals surface area contributed by atoms with E-state index in [1.807, 2.05) is 0 Å². The van der Waals surface area contributed by atoms with Gasteiger partial charge in [-0.05, 0) is 6.42 Å². The van der Waals surface area contributed by atoms with Crippen molar-refractivity contribution in [3.63, 3.8) is 0 Å². The third kappa shape index (κ3) is 18.4. The van der Waals surface area contributed by atoms with Crippen molar-refractivity contribution in [2.45, 2.75) is 36.4 Å². The van der Waals surface area contributed by atoms with Gasteiger partial charge in [0.2, 0.25) is 0 Å². The van der Waals surface area contributed by atoms with Gasteiger partial charge in [-0.25, -0.2) is 0 Å². The molecule has 0 amide bonds. The molecular formula is C8H14Cl4O2. The number of carbonyl (C=O) groups excluding carboxylic acids is 1. The molecule has 0 aromatic heterocycles. The molecule has 0 radical (unpaired) electrons. The highest BCUT2D eigenvalue weighted by atomic mass is 35.5. The number of halogens is 4. The number of carbonyl (C=O) groups is 1. The Morgan fingerprint density at radius 2 is 1.64 bits per heavy atom. The van der Waals surface area contributed by atoms with Crippen LogP contribution in [-0.2, 0) is 9.53 Å². The predicted octanol–water partition coefficient (Wildman–Crippen LogP) is 3.94. The summed E-state index contributed by atoms with van der Waals surface area (Å²) in [6.07, 6.45) is 2.05. The minimum Gasteiger partial charge on any atom is -0.466 e. The fraction of sp³-hybridized carbons (Fsp3) is 0.875. The number of rotatable bonds is 4. The van der Waals surface area contributed by atoms with E-state index in [4.69, 9.17) is 46.4 Å². The van der Waals surface area contributed by atoms with E-state index in [-0.39, 0.29) is 5.97 Å². The second kappa shape index (κ2) is 11.7. The lowest BCUT2D eigenvalue weighted by atomic mass is 10.4. The Kier molecular flexibility index (Phi) is 14.2. The van der Waals surface area contributed by atoms with Crippen LogP contribution in [0.25, 0.3) is 0 Å². The minimum atomic E-state index is -0.673. The highest BCUT2D eigenvalue weighted by molar-refractivity contribution is 6.56. The molecule has 0 aromatic carbocycles. The molecule has 0 atom stereocenters. The number of hydrogen-bond acceptors (Lipinski definition) is 2. The summed E-state index contributed by atoms with van der Waals surface area (Å²) in [5.41, 5.74) is 0. The van der Waals surface area contributed by atoms with Gasteiger partial charge in [-0.3, -0.25) is 4.79 Å². The Labute approximate surface area is 105 Å². The molecule has 86 valence electrons. The van der Waals surface area contributed by atoms with Gasteiger partial charge in [0.25, 0.3) is 0 Å². The summed E-state index contributed by atoms with van der Waals surface area (Å²) >= 11 is 20.5. The van der Waals surface area contributed by atoms with Gasteiger partial charge >= 0.3 is 5.97 Å². The molecule has 0 aliphatic carbocycles. The van der Waals surface area contributed by atoms with Crippen molar-refractivity contribution < 1.29 is 9.53 Å². The monoisotopic (exact) mass is 282 g/mol. The Bertz CT molecular complexity index is 133. The summed E-state index contributed by atoms with van der Waals surface area (Å²) in [5.74, 6) is -0.182. The van der Waals surface area contributed by atoms with Gasteiger partial charge in [0.15, 0.2) is 0 Å². The normalized spacial score (nSPS) is 9.71. The number of hydrogen-bond donors (Lipinski definition) is 0. The first-order valence-electron chi connectivity index (χ1n) is 4.11. The van der Waals surface area contributed by atoms with E-state index >= 15 is 0 Å². The highest BCUT2D eigenvalue weighted by Crippen LogP contribution is 2.16. The van der Waals surface area contributed by atoms with Crippen LogP contribution in [0.4, 0.5) is 0 Å². The van der Waals surface area contributed by atoms with Crippen molar-refractivity contribution in [1.82, 2.24) is 0 Å². The molecule has 0 saturated carbocycles. The average molecular weight is 284 g/mol.